The highest BCUT2D eigenvalue weighted by molar-refractivity contribution is 5.97. The van der Waals surface area contributed by atoms with Crippen molar-refractivity contribution < 1.29 is 14.7 Å². The molecule has 2 aromatic rings. The van der Waals surface area contributed by atoms with E-state index in [0.29, 0.717) is 23.4 Å². The fourth-order valence-electron chi connectivity index (χ4n) is 1.66. The van der Waals surface area contributed by atoms with Crippen LogP contribution in [0.2, 0.25) is 0 Å². The lowest BCUT2D eigenvalue weighted by Crippen LogP contribution is -2.40. The molecule has 0 fully saturated rings. The van der Waals surface area contributed by atoms with Gasteiger partial charge in [0, 0.05) is 11.1 Å². The van der Waals surface area contributed by atoms with Gasteiger partial charge in [-0.05, 0) is 23.8 Å². The van der Waals surface area contributed by atoms with Gasteiger partial charge < -0.3 is 10.4 Å². The van der Waals surface area contributed by atoms with E-state index in [4.69, 9.17) is 5.11 Å². The Labute approximate surface area is 114 Å². The average molecular weight is 275 g/mol. The molecule has 0 aliphatic rings. The molecule has 1 heterocycles. The van der Waals surface area contributed by atoms with Gasteiger partial charge in [-0.1, -0.05) is 19.1 Å². The number of hydrogen-bond acceptors (Lipinski definition) is 5. The molecule has 0 aliphatic heterocycles. The molecule has 1 atom stereocenters. The van der Waals surface area contributed by atoms with Crippen LogP contribution in [0.1, 0.15) is 23.7 Å². The molecule has 1 amide bonds. The van der Waals surface area contributed by atoms with Crippen LogP contribution in [0, 0.1) is 0 Å². The molecular formula is C12H13N5O3. The summed E-state index contributed by atoms with van der Waals surface area (Å²) in [6.45, 7) is 1.69. The van der Waals surface area contributed by atoms with Crippen LogP contribution >= 0.6 is 0 Å². The topological polar surface area (TPSA) is 121 Å². The third-order valence-electron chi connectivity index (χ3n) is 2.74. The van der Waals surface area contributed by atoms with Gasteiger partial charge in [-0.25, -0.2) is 4.79 Å². The normalized spacial score (nSPS) is 11.8. The number of rotatable bonds is 5. The zero-order valence-electron chi connectivity index (χ0n) is 10.7. The Morgan fingerprint density at radius 2 is 2.25 bits per heavy atom. The highest BCUT2D eigenvalue weighted by Gasteiger charge is 2.18. The zero-order valence-corrected chi connectivity index (χ0v) is 10.7. The van der Waals surface area contributed by atoms with Crippen LogP contribution in [0.5, 0.6) is 0 Å². The minimum atomic E-state index is -1.06. The highest BCUT2D eigenvalue weighted by atomic mass is 16.4. The highest BCUT2D eigenvalue weighted by Crippen LogP contribution is 2.15. The number of aromatic nitrogens is 4. The summed E-state index contributed by atoms with van der Waals surface area (Å²) in [5.41, 5.74) is 0.960. The molecule has 3 N–H and O–H groups in total. The van der Waals surface area contributed by atoms with E-state index in [-0.39, 0.29) is 0 Å². The molecule has 20 heavy (non-hydrogen) atoms. The van der Waals surface area contributed by atoms with E-state index in [1.165, 1.54) is 0 Å². The first-order chi connectivity index (χ1) is 9.61. The number of aromatic amines is 1. The van der Waals surface area contributed by atoms with Gasteiger partial charge in [-0.15, -0.1) is 10.2 Å². The van der Waals surface area contributed by atoms with Crippen LogP contribution in [0.4, 0.5) is 0 Å². The molecule has 8 heteroatoms. The number of carboxylic acids is 1. The Bertz CT molecular complexity index is 611. The van der Waals surface area contributed by atoms with E-state index in [1.807, 2.05) is 0 Å². The zero-order chi connectivity index (χ0) is 14.5. The van der Waals surface area contributed by atoms with Crippen molar-refractivity contribution in [1.82, 2.24) is 25.9 Å². The maximum Gasteiger partial charge on any atom is 0.326 e. The van der Waals surface area contributed by atoms with Gasteiger partial charge in [-0.3, -0.25) is 4.79 Å². The van der Waals surface area contributed by atoms with Crippen LogP contribution in [-0.4, -0.2) is 43.6 Å². The van der Waals surface area contributed by atoms with Crippen molar-refractivity contribution in [1.29, 1.82) is 0 Å². The second-order valence-electron chi connectivity index (χ2n) is 4.09. The number of amides is 1. The Morgan fingerprint density at radius 1 is 1.45 bits per heavy atom. The number of carboxylic acid groups (broad SMARTS) is 1. The standard InChI is InChI=1S/C12H13N5O3/c1-2-9(12(19)20)13-11(18)8-5-3-4-7(6-8)10-14-16-17-15-10/h3-6,9H,2H2,1H3,(H,13,18)(H,19,20)(H,14,15,16,17)/t9-/m0/s1. The summed E-state index contributed by atoms with van der Waals surface area (Å²) in [6.07, 6.45) is 0.311. The third kappa shape index (κ3) is 2.97. The third-order valence-corrected chi connectivity index (χ3v) is 2.74. The van der Waals surface area contributed by atoms with Crippen molar-refractivity contribution in [2.75, 3.05) is 0 Å². The van der Waals surface area contributed by atoms with Crippen LogP contribution in [0.3, 0.4) is 0 Å². The maximum atomic E-state index is 12.0. The van der Waals surface area contributed by atoms with Crippen molar-refractivity contribution in [3.63, 3.8) is 0 Å². The van der Waals surface area contributed by atoms with E-state index in [0.717, 1.165) is 0 Å². The molecule has 1 aromatic carbocycles. The first-order valence-corrected chi connectivity index (χ1v) is 5.99. The number of carbonyl (C=O) groups excluding carboxylic acids is 1. The molecule has 104 valence electrons. The summed E-state index contributed by atoms with van der Waals surface area (Å²) in [5.74, 6) is -1.15. The van der Waals surface area contributed by atoms with Crippen LogP contribution in [-0.2, 0) is 4.79 Å². The van der Waals surface area contributed by atoms with E-state index >= 15 is 0 Å². The molecule has 0 unspecified atom stereocenters. The number of benzene rings is 1. The van der Waals surface area contributed by atoms with Crippen molar-refractivity contribution in [3.05, 3.63) is 29.8 Å². The molecule has 0 spiro atoms. The summed E-state index contributed by atoms with van der Waals surface area (Å²) in [4.78, 5) is 22.9. The monoisotopic (exact) mass is 275 g/mol. The van der Waals surface area contributed by atoms with E-state index in [1.54, 1.807) is 31.2 Å². The fourth-order valence-corrected chi connectivity index (χ4v) is 1.66. The summed E-state index contributed by atoms with van der Waals surface area (Å²) in [5, 5.41) is 24.8. The second kappa shape index (κ2) is 5.91. The number of carbonyl (C=O) groups is 2. The van der Waals surface area contributed by atoms with Gasteiger partial charge in [0.1, 0.15) is 6.04 Å². The summed E-state index contributed by atoms with van der Waals surface area (Å²) in [7, 11) is 0. The molecular weight excluding hydrogens is 262 g/mol. The number of H-pyrrole nitrogens is 1. The lowest BCUT2D eigenvalue weighted by Gasteiger charge is -2.12. The van der Waals surface area contributed by atoms with Crippen molar-refractivity contribution >= 4 is 11.9 Å². The predicted molar refractivity (Wildman–Crippen MR) is 68.8 cm³/mol. The smallest absolute Gasteiger partial charge is 0.326 e. The van der Waals surface area contributed by atoms with Gasteiger partial charge in [0.05, 0.1) is 0 Å². The first kappa shape index (κ1) is 13.7. The molecule has 8 nitrogen and oxygen atoms in total. The predicted octanol–water partition coefficient (Wildman–Crippen LogP) is 0.460. The first-order valence-electron chi connectivity index (χ1n) is 5.99. The molecule has 0 bridgehead atoms. The fraction of sp³-hybridized carbons (Fsp3) is 0.250. The average Bonchev–Trinajstić information content (AvgIpc) is 2.98. The molecule has 0 radical (unpaired) electrons. The van der Waals surface area contributed by atoms with Crippen molar-refractivity contribution in [3.8, 4) is 11.4 Å². The van der Waals surface area contributed by atoms with Crippen LogP contribution in [0.25, 0.3) is 11.4 Å². The largest absolute Gasteiger partial charge is 0.480 e. The lowest BCUT2D eigenvalue weighted by atomic mass is 10.1. The number of hydrogen-bond donors (Lipinski definition) is 3. The maximum absolute atomic E-state index is 12.0. The Hall–Kier alpha value is -2.77. The minimum Gasteiger partial charge on any atom is -0.480 e. The van der Waals surface area contributed by atoms with Gasteiger partial charge in [0.25, 0.3) is 5.91 Å². The SMILES string of the molecule is CC[C@H](NC(=O)c1cccc(-c2nn[nH]n2)c1)C(=O)O. The second-order valence-corrected chi connectivity index (χ2v) is 4.09. The van der Waals surface area contributed by atoms with Crippen molar-refractivity contribution in [2.24, 2.45) is 0 Å². The molecule has 0 saturated carbocycles. The minimum absolute atomic E-state index is 0.311. The lowest BCUT2D eigenvalue weighted by molar-refractivity contribution is -0.139. The molecule has 1 aromatic heterocycles. The summed E-state index contributed by atoms with van der Waals surface area (Å²) >= 11 is 0. The van der Waals surface area contributed by atoms with Gasteiger partial charge in [0.15, 0.2) is 0 Å². The Balaban J connectivity index is 2.19. The van der Waals surface area contributed by atoms with Gasteiger partial charge in [0.2, 0.25) is 5.82 Å². The van der Waals surface area contributed by atoms with E-state index in [9.17, 15) is 9.59 Å². The summed E-state index contributed by atoms with van der Waals surface area (Å²) < 4.78 is 0. The van der Waals surface area contributed by atoms with E-state index in [2.05, 4.69) is 25.9 Å². The number of nitrogens with zero attached hydrogens (tertiary/aromatic N) is 3. The number of nitrogens with one attached hydrogen (secondary N) is 2. The number of aliphatic carboxylic acids is 1. The Kier molecular flexibility index (Phi) is 4.04. The quantitative estimate of drug-likeness (QED) is 0.729. The summed E-state index contributed by atoms with van der Waals surface area (Å²) in [6, 6.07) is 5.66. The van der Waals surface area contributed by atoms with Crippen LogP contribution in [0.15, 0.2) is 24.3 Å². The molecule has 2 rings (SSSR count). The Morgan fingerprint density at radius 3 is 2.85 bits per heavy atom. The number of tetrazole rings is 1. The van der Waals surface area contributed by atoms with E-state index < -0.39 is 17.9 Å². The van der Waals surface area contributed by atoms with Crippen molar-refractivity contribution in [2.45, 2.75) is 19.4 Å². The van der Waals surface area contributed by atoms with Gasteiger partial charge >= 0.3 is 5.97 Å². The van der Waals surface area contributed by atoms with Crippen LogP contribution < -0.4 is 5.32 Å². The molecule has 0 aliphatic carbocycles. The molecule has 0 saturated heterocycles. The van der Waals surface area contributed by atoms with Gasteiger partial charge in [-0.2, -0.15) is 5.21 Å².